The van der Waals surface area contributed by atoms with Gasteiger partial charge in [0.25, 0.3) is 0 Å². The van der Waals surface area contributed by atoms with Gasteiger partial charge in [0.2, 0.25) is 0 Å². The van der Waals surface area contributed by atoms with Gasteiger partial charge in [0.1, 0.15) is 0 Å². The third kappa shape index (κ3) is 1.26. The number of pyridine rings is 1. The van der Waals surface area contributed by atoms with Gasteiger partial charge in [0.05, 0.1) is 16.1 Å². The van der Waals surface area contributed by atoms with Gasteiger partial charge < -0.3 is 0 Å². The normalized spacial score (nSPS) is 9.85. The molecule has 1 nitrogen and oxygen atoms in total. The van der Waals surface area contributed by atoms with Crippen molar-refractivity contribution < 1.29 is 0 Å². The number of hydrogen-bond donors (Lipinski definition) is 0. The third-order valence-corrected chi connectivity index (χ3v) is 2.18. The SMILES string of the molecule is C#Cc1c(Cl)ccc2cccnc12. The van der Waals surface area contributed by atoms with Crippen molar-refractivity contribution in [2.75, 3.05) is 0 Å². The number of rotatable bonds is 0. The summed E-state index contributed by atoms with van der Waals surface area (Å²) in [5.74, 6) is 2.54. The highest BCUT2D eigenvalue weighted by Crippen LogP contribution is 2.22. The Hall–Kier alpha value is -1.52. The molecule has 0 bridgehead atoms. The Balaban J connectivity index is 2.94. The molecule has 0 atom stereocenters. The Labute approximate surface area is 81.4 Å². The van der Waals surface area contributed by atoms with Crippen molar-refractivity contribution in [3.8, 4) is 12.3 Å². The maximum Gasteiger partial charge on any atom is 0.0873 e. The summed E-state index contributed by atoms with van der Waals surface area (Å²) in [4.78, 5) is 4.19. The largest absolute Gasteiger partial charge is 0.255 e. The van der Waals surface area contributed by atoms with Crippen LogP contribution < -0.4 is 0 Å². The molecule has 0 fully saturated rings. The Bertz CT molecular complexity index is 497. The lowest BCUT2D eigenvalue weighted by Crippen LogP contribution is -1.84. The van der Waals surface area contributed by atoms with Crippen LogP contribution in [0, 0.1) is 12.3 Å². The molecule has 0 aliphatic heterocycles. The van der Waals surface area contributed by atoms with Crippen molar-refractivity contribution in [2.45, 2.75) is 0 Å². The number of fused-ring (bicyclic) bond motifs is 1. The monoisotopic (exact) mass is 187 g/mol. The topological polar surface area (TPSA) is 12.9 Å². The standard InChI is InChI=1S/C11H6ClN/c1-2-9-10(12)6-5-8-4-3-7-13-11(8)9/h1,3-7H. The number of hydrogen-bond acceptors (Lipinski definition) is 1. The van der Waals surface area contributed by atoms with Crippen LogP contribution in [-0.4, -0.2) is 4.98 Å². The molecule has 1 heterocycles. The molecule has 1 aromatic heterocycles. The predicted octanol–water partition coefficient (Wildman–Crippen LogP) is 2.87. The lowest BCUT2D eigenvalue weighted by Gasteiger charge is -2.00. The van der Waals surface area contributed by atoms with Gasteiger partial charge in [-0.15, -0.1) is 6.42 Å². The molecular weight excluding hydrogens is 182 g/mol. The van der Waals surface area contributed by atoms with Crippen LogP contribution in [0.1, 0.15) is 5.56 Å². The minimum Gasteiger partial charge on any atom is -0.255 e. The zero-order valence-electron chi connectivity index (χ0n) is 6.79. The van der Waals surface area contributed by atoms with Crippen LogP contribution in [0.15, 0.2) is 30.5 Å². The van der Waals surface area contributed by atoms with Gasteiger partial charge in [-0.1, -0.05) is 29.7 Å². The van der Waals surface area contributed by atoms with E-state index in [9.17, 15) is 0 Å². The van der Waals surface area contributed by atoms with E-state index >= 15 is 0 Å². The fourth-order valence-electron chi connectivity index (χ4n) is 1.26. The summed E-state index contributed by atoms with van der Waals surface area (Å²) in [6.45, 7) is 0. The number of benzene rings is 1. The van der Waals surface area contributed by atoms with Crippen molar-refractivity contribution >= 4 is 22.5 Å². The van der Waals surface area contributed by atoms with E-state index in [-0.39, 0.29) is 0 Å². The highest BCUT2D eigenvalue weighted by atomic mass is 35.5. The van der Waals surface area contributed by atoms with Crippen LogP contribution in [-0.2, 0) is 0 Å². The van der Waals surface area contributed by atoms with Gasteiger partial charge in [0, 0.05) is 11.6 Å². The minimum atomic E-state index is 0.578. The van der Waals surface area contributed by atoms with E-state index in [1.54, 1.807) is 12.3 Å². The summed E-state index contributed by atoms with van der Waals surface area (Å²) in [5, 5.41) is 1.59. The van der Waals surface area contributed by atoms with Crippen LogP contribution in [0.4, 0.5) is 0 Å². The highest BCUT2D eigenvalue weighted by Gasteiger charge is 2.03. The van der Waals surface area contributed by atoms with Gasteiger partial charge in [0.15, 0.2) is 0 Å². The number of terminal acetylenes is 1. The first-order valence-electron chi connectivity index (χ1n) is 3.83. The fraction of sp³-hybridized carbons (Fsp3) is 0. The second-order valence-corrected chi connectivity index (χ2v) is 3.05. The third-order valence-electron chi connectivity index (χ3n) is 1.87. The van der Waals surface area contributed by atoms with Crippen molar-refractivity contribution in [1.29, 1.82) is 0 Å². The van der Waals surface area contributed by atoms with E-state index in [0.717, 1.165) is 10.9 Å². The molecule has 0 saturated carbocycles. The zero-order chi connectivity index (χ0) is 9.26. The average molecular weight is 188 g/mol. The summed E-state index contributed by atoms with van der Waals surface area (Å²) in [7, 11) is 0. The van der Waals surface area contributed by atoms with Crippen molar-refractivity contribution in [3.05, 3.63) is 41.0 Å². The molecule has 1 aromatic carbocycles. The number of nitrogens with zero attached hydrogens (tertiary/aromatic N) is 1. The quantitative estimate of drug-likeness (QED) is 0.578. The molecule has 62 valence electrons. The molecule has 0 spiro atoms. The number of aromatic nitrogens is 1. The molecule has 0 N–H and O–H groups in total. The zero-order valence-corrected chi connectivity index (χ0v) is 7.55. The van der Waals surface area contributed by atoms with E-state index in [2.05, 4.69) is 10.9 Å². The van der Waals surface area contributed by atoms with Gasteiger partial charge in [-0.3, -0.25) is 4.98 Å². The first-order chi connectivity index (χ1) is 6.33. The van der Waals surface area contributed by atoms with Gasteiger partial charge in [-0.05, 0) is 12.1 Å². The predicted molar refractivity (Wildman–Crippen MR) is 54.7 cm³/mol. The van der Waals surface area contributed by atoms with Crippen molar-refractivity contribution in [1.82, 2.24) is 4.98 Å². The summed E-state index contributed by atoms with van der Waals surface area (Å²) in [5.41, 5.74) is 1.46. The second kappa shape index (κ2) is 3.08. The molecular formula is C11H6ClN. The maximum atomic E-state index is 5.92. The minimum absolute atomic E-state index is 0.578. The van der Waals surface area contributed by atoms with Crippen LogP contribution >= 0.6 is 11.6 Å². The highest BCUT2D eigenvalue weighted by molar-refractivity contribution is 6.32. The molecule has 0 saturated heterocycles. The van der Waals surface area contributed by atoms with E-state index in [4.69, 9.17) is 18.0 Å². The molecule has 0 aliphatic rings. The maximum absolute atomic E-state index is 5.92. The van der Waals surface area contributed by atoms with Crippen LogP contribution in [0.5, 0.6) is 0 Å². The van der Waals surface area contributed by atoms with E-state index in [0.29, 0.717) is 10.6 Å². The molecule has 0 aliphatic carbocycles. The molecule has 13 heavy (non-hydrogen) atoms. The van der Waals surface area contributed by atoms with E-state index in [1.807, 2.05) is 18.2 Å². The van der Waals surface area contributed by atoms with Crippen molar-refractivity contribution in [2.24, 2.45) is 0 Å². The lowest BCUT2D eigenvalue weighted by atomic mass is 10.1. The summed E-state index contributed by atoms with van der Waals surface area (Å²) in [6, 6.07) is 7.53. The van der Waals surface area contributed by atoms with Crippen LogP contribution in [0.3, 0.4) is 0 Å². The molecule has 0 radical (unpaired) electrons. The summed E-state index contributed by atoms with van der Waals surface area (Å²) in [6.07, 6.45) is 7.05. The Morgan fingerprint density at radius 3 is 2.92 bits per heavy atom. The smallest absolute Gasteiger partial charge is 0.0873 e. The molecule has 2 aromatic rings. The van der Waals surface area contributed by atoms with Gasteiger partial charge >= 0.3 is 0 Å². The number of halogens is 1. The summed E-state index contributed by atoms with van der Waals surface area (Å²) >= 11 is 5.92. The second-order valence-electron chi connectivity index (χ2n) is 2.64. The first-order valence-corrected chi connectivity index (χ1v) is 4.20. The van der Waals surface area contributed by atoms with E-state index < -0.39 is 0 Å². The molecule has 0 unspecified atom stereocenters. The van der Waals surface area contributed by atoms with Gasteiger partial charge in [-0.25, -0.2) is 0 Å². The first kappa shape index (κ1) is 8.10. The van der Waals surface area contributed by atoms with Gasteiger partial charge in [-0.2, -0.15) is 0 Å². The van der Waals surface area contributed by atoms with E-state index in [1.165, 1.54) is 0 Å². The summed E-state index contributed by atoms with van der Waals surface area (Å²) < 4.78 is 0. The molecule has 2 heteroatoms. The molecule has 0 amide bonds. The Morgan fingerprint density at radius 2 is 2.15 bits per heavy atom. The molecule has 2 rings (SSSR count). The fourth-order valence-corrected chi connectivity index (χ4v) is 1.46. The van der Waals surface area contributed by atoms with Crippen LogP contribution in [0.2, 0.25) is 5.02 Å². The Kier molecular flexibility index (Phi) is 1.92. The Morgan fingerprint density at radius 1 is 1.31 bits per heavy atom. The average Bonchev–Trinajstić information content (AvgIpc) is 2.18. The van der Waals surface area contributed by atoms with Crippen LogP contribution in [0.25, 0.3) is 10.9 Å². The van der Waals surface area contributed by atoms with Crippen molar-refractivity contribution in [3.63, 3.8) is 0 Å². The lowest BCUT2D eigenvalue weighted by molar-refractivity contribution is 1.40.